The maximum absolute atomic E-state index is 12.0. The highest BCUT2D eigenvalue weighted by molar-refractivity contribution is 9.10. The number of benzene rings is 2. The molecule has 0 saturated heterocycles. The van der Waals surface area contributed by atoms with Crippen LogP contribution in [0.1, 0.15) is 29.7 Å². The monoisotopic (exact) mass is 361 g/mol. The first-order valence-corrected chi connectivity index (χ1v) is 8.00. The molecule has 1 amide bonds. The average molecular weight is 362 g/mol. The number of amides is 1. The second-order valence-corrected chi connectivity index (χ2v) is 6.24. The first-order valence-electron chi connectivity index (χ1n) is 7.21. The van der Waals surface area contributed by atoms with E-state index in [0.29, 0.717) is 0 Å². The Hall–Kier alpha value is -1.81. The van der Waals surface area contributed by atoms with Crippen molar-refractivity contribution in [3.63, 3.8) is 0 Å². The van der Waals surface area contributed by atoms with E-state index in [1.807, 2.05) is 63.2 Å². The van der Waals surface area contributed by atoms with Gasteiger partial charge in [-0.05, 0) is 55.7 Å². The SMILES string of the molecule is Cc1cccc(OCC(=O)NC(C)c2ccc(Br)cc2)c1C. The largest absolute Gasteiger partial charge is 0.483 e. The summed E-state index contributed by atoms with van der Waals surface area (Å²) < 4.78 is 6.64. The van der Waals surface area contributed by atoms with Gasteiger partial charge in [-0.2, -0.15) is 0 Å². The van der Waals surface area contributed by atoms with Gasteiger partial charge in [-0.1, -0.05) is 40.2 Å². The van der Waals surface area contributed by atoms with Crippen molar-refractivity contribution in [1.82, 2.24) is 5.32 Å². The van der Waals surface area contributed by atoms with Gasteiger partial charge >= 0.3 is 0 Å². The number of carbonyl (C=O) groups is 1. The summed E-state index contributed by atoms with van der Waals surface area (Å²) in [5.41, 5.74) is 3.28. The summed E-state index contributed by atoms with van der Waals surface area (Å²) in [6.07, 6.45) is 0. The molecule has 1 atom stereocenters. The summed E-state index contributed by atoms with van der Waals surface area (Å²) in [5.74, 6) is 0.628. The number of halogens is 1. The van der Waals surface area contributed by atoms with Gasteiger partial charge in [0, 0.05) is 4.47 Å². The summed E-state index contributed by atoms with van der Waals surface area (Å²) in [6, 6.07) is 13.7. The van der Waals surface area contributed by atoms with E-state index in [2.05, 4.69) is 21.2 Å². The molecule has 2 rings (SSSR count). The fourth-order valence-electron chi connectivity index (χ4n) is 2.14. The van der Waals surface area contributed by atoms with Crippen LogP contribution in [0.25, 0.3) is 0 Å². The molecule has 0 fully saturated rings. The zero-order valence-corrected chi connectivity index (χ0v) is 14.6. The molecule has 2 aromatic rings. The zero-order valence-electron chi connectivity index (χ0n) is 13.0. The molecule has 0 heterocycles. The van der Waals surface area contributed by atoms with Crippen LogP contribution in [0.15, 0.2) is 46.9 Å². The van der Waals surface area contributed by atoms with Crippen molar-refractivity contribution in [3.8, 4) is 5.75 Å². The molecule has 0 bridgehead atoms. The molecule has 1 unspecified atom stereocenters. The Kier molecular flexibility index (Phi) is 5.61. The number of hydrogen-bond donors (Lipinski definition) is 1. The second-order valence-electron chi connectivity index (χ2n) is 5.33. The molecule has 116 valence electrons. The summed E-state index contributed by atoms with van der Waals surface area (Å²) in [5, 5.41) is 2.94. The number of rotatable bonds is 5. The Morgan fingerprint density at radius 3 is 2.55 bits per heavy atom. The fourth-order valence-corrected chi connectivity index (χ4v) is 2.41. The summed E-state index contributed by atoms with van der Waals surface area (Å²) >= 11 is 3.40. The van der Waals surface area contributed by atoms with E-state index in [-0.39, 0.29) is 18.6 Å². The lowest BCUT2D eigenvalue weighted by Crippen LogP contribution is -2.31. The first kappa shape index (κ1) is 16.6. The van der Waals surface area contributed by atoms with E-state index in [1.165, 1.54) is 0 Å². The molecule has 0 saturated carbocycles. The third-order valence-corrected chi connectivity index (χ3v) is 4.19. The highest BCUT2D eigenvalue weighted by Crippen LogP contribution is 2.20. The van der Waals surface area contributed by atoms with Gasteiger partial charge in [-0.15, -0.1) is 0 Å². The number of ether oxygens (including phenoxy) is 1. The van der Waals surface area contributed by atoms with Crippen LogP contribution in [0, 0.1) is 13.8 Å². The Morgan fingerprint density at radius 1 is 1.18 bits per heavy atom. The molecular formula is C18H20BrNO2. The maximum atomic E-state index is 12.0. The predicted molar refractivity (Wildman–Crippen MR) is 92.1 cm³/mol. The Labute approximate surface area is 139 Å². The van der Waals surface area contributed by atoms with Gasteiger partial charge in [0.25, 0.3) is 5.91 Å². The van der Waals surface area contributed by atoms with Crippen LogP contribution in [0.2, 0.25) is 0 Å². The smallest absolute Gasteiger partial charge is 0.258 e. The van der Waals surface area contributed by atoms with Crippen LogP contribution in [0.5, 0.6) is 5.75 Å². The van der Waals surface area contributed by atoms with Crippen LogP contribution in [-0.2, 0) is 4.79 Å². The van der Waals surface area contributed by atoms with Crippen molar-refractivity contribution in [1.29, 1.82) is 0 Å². The van der Waals surface area contributed by atoms with E-state index in [0.717, 1.165) is 26.9 Å². The molecule has 4 heteroatoms. The van der Waals surface area contributed by atoms with E-state index in [4.69, 9.17) is 4.74 Å². The molecule has 0 aliphatic carbocycles. The molecule has 0 aromatic heterocycles. The second kappa shape index (κ2) is 7.45. The molecule has 2 aromatic carbocycles. The van der Waals surface area contributed by atoms with Gasteiger partial charge in [0.2, 0.25) is 0 Å². The standard InChI is InChI=1S/C18H20BrNO2/c1-12-5-4-6-17(13(12)2)22-11-18(21)20-14(3)15-7-9-16(19)10-8-15/h4-10,14H,11H2,1-3H3,(H,20,21). The number of carbonyl (C=O) groups excluding carboxylic acids is 1. The van der Waals surface area contributed by atoms with Gasteiger partial charge in [0.15, 0.2) is 6.61 Å². The highest BCUT2D eigenvalue weighted by atomic mass is 79.9. The molecule has 0 aliphatic rings. The van der Waals surface area contributed by atoms with E-state index < -0.39 is 0 Å². The van der Waals surface area contributed by atoms with Crippen molar-refractivity contribution in [3.05, 3.63) is 63.6 Å². The van der Waals surface area contributed by atoms with Crippen molar-refractivity contribution in [2.24, 2.45) is 0 Å². The van der Waals surface area contributed by atoms with Crippen molar-refractivity contribution >= 4 is 21.8 Å². The molecule has 0 spiro atoms. The molecule has 3 nitrogen and oxygen atoms in total. The minimum Gasteiger partial charge on any atom is -0.483 e. The predicted octanol–water partition coefficient (Wildman–Crippen LogP) is 4.32. The number of hydrogen-bond acceptors (Lipinski definition) is 2. The zero-order chi connectivity index (χ0) is 16.1. The topological polar surface area (TPSA) is 38.3 Å². The average Bonchev–Trinajstić information content (AvgIpc) is 2.49. The number of aryl methyl sites for hydroxylation is 1. The van der Waals surface area contributed by atoms with Gasteiger partial charge in [0.05, 0.1) is 6.04 Å². The summed E-state index contributed by atoms with van der Waals surface area (Å²) in [7, 11) is 0. The molecule has 1 N–H and O–H groups in total. The number of nitrogens with one attached hydrogen (secondary N) is 1. The lowest BCUT2D eigenvalue weighted by molar-refractivity contribution is -0.123. The normalized spacial score (nSPS) is 11.8. The van der Waals surface area contributed by atoms with Gasteiger partial charge in [-0.3, -0.25) is 4.79 Å². The minimum atomic E-state index is -0.128. The third kappa shape index (κ3) is 4.34. The van der Waals surface area contributed by atoms with Crippen LogP contribution in [-0.4, -0.2) is 12.5 Å². The van der Waals surface area contributed by atoms with Crippen molar-refractivity contribution in [2.75, 3.05) is 6.61 Å². The van der Waals surface area contributed by atoms with Crippen LogP contribution in [0.4, 0.5) is 0 Å². The lowest BCUT2D eigenvalue weighted by Gasteiger charge is -2.15. The lowest BCUT2D eigenvalue weighted by atomic mass is 10.1. The highest BCUT2D eigenvalue weighted by Gasteiger charge is 2.11. The van der Waals surface area contributed by atoms with Crippen molar-refractivity contribution < 1.29 is 9.53 Å². The quantitative estimate of drug-likeness (QED) is 0.860. The maximum Gasteiger partial charge on any atom is 0.258 e. The van der Waals surface area contributed by atoms with Crippen LogP contribution in [0.3, 0.4) is 0 Å². The van der Waals surface area contributed by atoms with Crippen LogP contribution >= 0.6 is 15.9 Å². The van der Waals surface area contributed by atoms with E-state index >= 15 is 0 Å². The first-order chi connectivity index (χ1) is 10.5. The minimum absolute atomic E-state index is 0.0190. The Morgan fingerprint density at radius 2 is 1.86 bits per heavy atom. The molecule has 0 radical (unpaired) electrons. The van der Waals surface area contributed by atoms with Crippen molar-refractivity contribution in [2.45, 2.75) is 26.8 Å². The Bertz CT molecular complexity index is 653. The summed E-state index contributed by atoms with van der Waals surface area (Å²) in [4.78, 5) is 12.0. The van der Waals surface area contributed by atoms with E-state index in [9.17, 15) is 4.79 Å². The summed E-state index contributed by atoms with van der Waals surface area (Å²) in [6.45, 7) is 6.00. The van der Waals surface area contributed by atoms with Gasteiger partial charge in [-0.25, -0.2) is 0 Å². The molecule has 22 heavy (non-hydrogen) atoms. The van der Waals surface area contributed by atoms with Gasteiger partial charge < -0.3 is 10.1 Å². The van der Waals surface area contributed by atoms with E-state index in [1.54, 1.807) is 0 Å². The molecular weight excluding hydrogens is 342 g/mol. The third-order valence-electron chi connectivity index (χ3n) is 3.66. The van der Waals surface area contributed by atoms with Gasteiger partial charge in [0.1, 0.15) is 5.75 Å². The molecule has 0 aliphatic heterocycles. The van der Waals surface area contributed by atoms with Crippen LogP contribution < -0.4 is 10.1 Å². The fraction of sp³-hybridized carbons (Fsp3) is 0.278. The Balaban J connectivity index is 1.90.